The predicted molar refractivity (Wildman–Crippen MR) is 73.0 cm³/mol. The van der Waals surface area contributed by atoms with E-state index >= 15 is 0 Å². The second-order valence-corrected chi connectivity index (χ2v) is 5.01. The molecule has 1 aliphatic heterocycles. The first-order chi connectivity index (χ1) is 8.38. The molecule has 1 heterocycles. The van der Waals surface area contributed by atoms with Gasteiger partial charge in [0, 0.05) is 32.2 Å². The molecule has 2 rings (SSSR count). The highest BCUT2D eigenvalue weighted by Gasteiger charge is 2.18. The lowest BCUT2D eigenvalue weighted by Crippen LogP contribution is -2.50. The monoisotopic (exact) mass is 232 g/mol. The molecule has 0 saturated carbocycles. The number of benzene rings is 1. The third-order valence-electron chi connectivity index (χ3n) is 3.49. The second-order valence-electron chi connectivity index (χ2n) is 5.01. The topological polar surface area (TPSA) is 15.3 Å². The van der Waals surface area contributed by atoms with Crippen LogP contribution in [0.25, 0.3) is 0 Å². The number of hydrogen-bond acceptors (Lipinski definition) is 2. The SMILES string of the molecule is CCCCC1CN(Cc2ccccc2)CCN1. The largest absolute Gasteiger partial charge is 0.311 e. The van der Waals surface area contributed by atoms with Crippen LogP contribution in [0.3, 0.4) is 0 Å². The lowest BCUT2D eigenvalue weighted by atomic mass is 10.1. The molecule has 1 fully saturated rings. The smallest absolute Gasteiger partial charge is 0.0234 e. The van der Waals surface area contributed by atoms with Crippen molar-refractivity contribution in [2.45, 2.75) is 38.8 Å². The fourth-order valence-corrected chi connectivity index (χ4v) is 2.52. The Kier molecular flexibility index (Phi) is 5.02. The van der Waals surface area contributed by atoms with Crippen LogP contribution in [0, 0.1) is 0 Å². The van der Waals surface area contributed by atoms with Gasteiger partial charge < -0.3 is 5.32 Å². The van der Waals surface area contributed by atoms with Crippen LogP contribution in [-0.4, -0.2) is 30.6 Å². The van der Waals surface area contributed by atoms with E-state index in [2.05, 4.69) is 47.5 Å². The number of piperazine rings is 1. The van der Waals surface area contributed by atoms with Gasteiger partial charge in [0.2, 0.25) is 0 Å². The summed E-state index contributed by atoms with van der Waals surface area (Å²) in [6, 6.07) is 11.5. The van der Waals surface area contributed by atoms with Gasteiger partial charge in [-0.1, -0.05) is 50.1 Å². The molecule has 0 amide bonds. The normalized spacial score (nSPS) is 21.6. The predicted octanol–water partition coefficient (Wildman–Crippen LogP) is 2.65. The lowest BCUT2D eigenvalue weighted by Gasteiger charge is -2.33. The molecule has 1 unspecified atom stereocenters. The summed E-state index contributed by atoms with van der Waals surface area (Å²) in [5, 5.41) is 3.63. The molecule has 0 spiro atoms. The molecule has 2 heteroatoms. The van der Waals surface area contributed by atoms with E-state index in [1.165, 1.54) is 37.9 Å². The van der Waals surface area contributed by atoms with Crippen LogP contribution in [0.5, 0.6) is 0 Å². The van der Waals surface area contributed by atoms with E-state index in [1.54, 1.807) is 0 Å². The van der Waals surface area contributed by atoms with Crippen LogP contribution in [0.4, 0.5) is 0 Å². The van der Waals surface area contributed by atoms with Gasteiger partial charge in [0.1, 0.15) is 0 Å². The average Bonchev–Trinajstić information content (AvgIpc) is 2.38. The van der Waals surface area contributed by atoms with Crippen LogP contribution in [0.1, 0.15) is 31.7 Å². The molecular formula is C15H24N2. The Bertz CT molecular complexity index is 310. The Hall–Kier alpha value is -0.860. The Morgan fingerprint density at radius 2 is 2.12 bits per heavy atom. The minimum absolute atomic E-state index is 0.701. The van der Waals surface area contributed by atoms with Gasteiger partial charge in [-0.05, 0) is 12.0 Å². The van der Waals surface area contributed by atoms with Gasteiger partial charge in [-0.25, -0.2) is 0 Å². The quantitative estimate of drug-likeness (QED) is 0.839. The minimum Gasteiger partial charge on any atom is -0.311 e. The van der Waals surface area contributed by atoms with E-state index in [0.29, 0.717) is 6.04 Å². The Morgan fingerprint density at radius 1 is 1.29 bits per heavy atom. The van der Waals surface area contributed by atoms with Crippen molar-refractivity contribution in [3.63, 3.8) is 0 Å². The van der Waals surface area contributed by atoms with Gasteiger partial charge in [-0.2, -0.15) is 0 Å². The van der Waals surface area contributed by atoms with Crippen molar-refractivity contribution in [2.24, 2.45) is 0 Å². The summed E-state index contributed by atoms with van der Waals surface area (Å²) in [5.74, 6) is 0. The van der Waals surface area contributed by atoms with Crippen LogP contribution in [0.15, 0.2) is 30.3 Å². The first-order valence-corrected chi connectivity index (χ1v) is 6.88. The van der Waals surface area contributed by atoms with Crippen molar-refractivity contribution in [2.75, 3.05) is 19.6 Å². The summed E-state index contributed by atoms with van der Waals surface area (Å²) >= 11 is 0. The maximum Gasteiger partial charge on any atom is 0.0234 e. The molecule has 94 valence electrons. The van der Waals surface area contributed by atoms with E-state index in [0.717, 1.165) is 13.1 Å². The van der Waals surface area contributed by atoms with E-state index in [9.17, 15) is 0 Å². The van der Waals surface area contributed by atoms with Gasteiger partial charge in [-0.3, -0.25) is 4.90 Å². The number of hydrogen-bond donors (Lipinski definition) is 1. The van der Waals surface area contributed by atoms with Crippen molar-refractivity contribution >= 4 is 0 Å². The molecule has 0 aromatic heterocycles. The molecule has 1 aromatic carbocycles. The zero-order valence-electron chi connectivity index (χ0n) is 10.9. The standard InChI is InChI=1S/C15H24N2/c1-2-3-9-15-13-17(11-10-16-15)12-14-7-5-4-6-8-14/h4-8,15-16H,2-3,9-13H2,1H3. The molecule has 1 atom stereocenters. The molecule has 1 N–H and O–H groups in total. The molecule has 1 saturated heterocycles. The third-order valence-corrected chi connectivity index (χ3v) is 3.49. The van der Waals surface area contributed by atoms with Gasteiger partial charge in [0.05, 0.1) is 0 Å². The number of nitrogens with one attached hydrogen (secondary N) is 1. The minimum atomic E-state index is 0.701. The van der Waals surface area contributed by atoms with Crippen molar-refractivity contribution < 1.29 is 0 Å². The fraction of sp³-hybridized carbons (Fsp3) is 0.600. The molecular weight excluding hydrogens is 208 g/mol. The maximum absolute atomic E-state index is 3.63. The molecule has 17 heavy (non-hydrogen) atoms. The van der Waals surface area contributed by atoms with Gasteiger partial charge >= 0.3 is 0 Å². The summed E-state index contributed by atoms with van der Waals surface area (Å²) in [5.41, 5.74) is 1.43. The van der Waals surface area contributed by atoms with E-state index in [1.807, 2.05) is 0 Å². The van der Waals surface area contributed by atoms with Crippen LogP contribution in [-0.2, 0) is 6.54 Å². The molecule has 0 aliphatic carbocycles. The second kappa shape index (κ2) is 6.77. The van der Waals surface area contributed by atoms with Gasteiger partial charge in [0.15, 0.2) is 0 Å². The fourth-order valence-electron chi connectivity index (χ4n) is 2.52. The molecule has 0 bridgehead atoms. The van der Waals surface area contributed by atoms with Gasteiger partial charge in [0.25, 0.3) is 0 Å². The van der Waals surface area contributed by atoms with Gasteiger partial charge in [-0.15, -0.1) is 0 Å². The molecule has 0 radical (unpaired) electrons. The van der Waals surface area contributed by atoms with Crippen LogP contribution in [0.2, 0.25) is 0 Å². The van der Waals surface area contributed by atoms with E-state index < -0.39 is 0 Å². The number of unbranched alkanes of at least 4 members (excludes halogenated alkanes) is 1. The molecule has 1 aliphatic rings. The summed E-state index contributed by atoms with van der Waals surface area (Å²) in [4.78, 5) is 2.58. The Balaban J connectivity index is 1.81. The zero-order valence-corrected chi connectivity index (χ0v) is 10.9. The molecule has 1 aromatic rings. The van der Waals surface area contributed by atoms with Crippen molar-refractivity contribution in [3.8, 4) is 0 Å². The Morgan fingerprint density at radius 3 is 2.88 bits per heavy atom. The zero-order chi connectivity index (χ0) is 11.9. The highest BCUT2D eigenvalue weighted by atomic mass is 15.2. The Labute approximate surface area is 105 Å². The lowest BCUT2D eigenvalue weighted by molar-refractivity contribution is 0.186. The number of nitrogens with zero attached hydrogens (tertiary/aromatic N) is 1. The average molecular weight is 232 g/mol. The summed E-state index contributed by atoms with van der Waals surface area (Å²) in [7, 11) is 0. The number of rotatable bonds is 5. The van der Waals surface area contributed by atoms with Crippen LogP contribution >= 0.6 is 0 Å². The van der Waals surface area contributed by atoms with E-state index in [4.69, 9.17) is 0 Å². The van der Waals surface area contributed by atoms with E-state index in [-0.39, 0.29) is 0 Å². The first kappa shape index (κ1) is 12.6. The van der Waals surface area contributed by atoms with Crippen LogP contribution < -0.4 is 5.32 Å². The summed E-state index contributed by atoms with van der Waals surface area (Å²) in [6.07, 6.45) is 3.97. The van der Waals surface area contributed by atoms with Crippen molar-refractivity contribution in [3.05, 3.63) is 35.9 Å². The first-order valence-electron chi connectivity index (χ1n) is 6.88. The highest BCUT2D eigenvalue weighted by molar-refractivity contribution is 5.14. The third kappa shape index (κ3) is 4.14. The maximum atomic E-state index is 3.63. The summed E-state index contributed by atoms with van der Waals surface area (Å²) < 4.78 is 0. The summed E-state index contributed by atoms with van der Waals surface area (Å²) in [6.45, 7) is 6.89. The highest BCUT2D eigenvalue weighted by Crippen LogP contribution is 2.10. The van der Waals surface area contributed by atoms with Crippen molar-refractivity contribution in [1.29, 1.82) is 0 Å². The van der Waals surface area contributed by atoms with Crippen molar-refractivity contribution in [1.82, 2.24) is 10.2 Å². The molecule has 2 nitrogen and oxygen atoms in total.